The van der Waals surface area contributed by atoms with Crippen molar-refractivity contribution in [3.05, 3.63) is 82.6 Å². The molecule has 0 aliphatic heterocycles. The van der Waals surface area contributed by atoms with Crippen molar-refractivity contribution in [2.75, 3.05) is 7.11 Å². The monoisotopic (exact) mass is 356 g/mol. The highest BCUT2D eigenvalue weighted by Gasteiger charge is 2.09. The predicted octanol–water partition coefficient (Wildman–Crippen LogP) is 3.65. The summed E-state index contributed by atoms with van der Waals surface area (Å²) in [6.07, 6.45) is 0. The van der Waals surface area contributed by atoms with Crippen molar-refractivity contribution in [3.63, 3.8) is 0 Å². The molecule has 4 nitrogen and oxygen atoms in total. The van der Waals surface area contributed by atoms with Crippen LogP contribution < -0.4 is 5.32 Å². The SMILES string of the molecule is COC(=O)c1ccc(-c2ccc(C[NH2+]Cc3ccccc3Cl)o2)cc1. The lowest BCUT2D eigenvalue weighted by Crippen LogP contribution is -2.80. The Balaban J connectivity index is 1.60. The van der Waals surface area contributed by atoms with E-state index in [0.717, 1.165) is 40.8 Å². The minimum absolute atomic E-state index is 0.346. The van der Waals surface area contributed by atoms with Gasteiger partial charge in [-0.15, -0.1) is 0 Å². The fourth-order valence-electron chi connectivity index (χ4n) is 2.57. The molecule has 0 amide bonds. The Bertz CT molecular complexity index is 855. The summed E-state index contributed by atoms with van der Waals surface area (Å²) in [7, 11) is 1.37. The second-order valence-corrected chi connectivity index (χ2v) is 6.03. The van der Waals surface area contributed by atoms with Crippen LogP contribution in [-0.2, 0) is 17.8 Å². The topological polar surface area (TPSA) is 56.0 Å². The number of benzene rings is 2. The average molecular weight is 357 g/mol. The molecule has 1 heterocycles. The van der Waals surface area contributed by atoms with E-state index < -0.39 is 0 Å². The molecule has 0 spiro atoms. The second kappa shape index (κ2) is 8.01. The second-order valence-electron chi connectivity index (χ2n) is 5.62. The zero-order valence-corrected chi connectivity index (χ0v) is 14.6. The molecule has 0 unspecified atom stereocenters. The summed E-state index contributed by atoms with van der Waals surface area (Å²) in [5.41, 5.74) is 2.55. The molecule has 128 valence electrons. The molecule has 2 aromatic carbocycles. The highest BCUT2D eigenvalue weighted by atomic mass is 35.5. The Labute approximate surface area is 151 Å². The zero-order chi connectivity index (χ0) is 17.6. The zero-order valence-electron chi connectivity index (χ0n) is 13.9. The number of halogens is 1. The Kier molecular flexibility index (Phi) is 5.53. The van der Waals surface area contributed by atoms with Crippen LogP contribution in [0.25, 0.3) is 11.3 Å². The van der Waals surface area contributed by atoms with Gasteiger partial charge in [0.05, 0.1) is 12.7 Å². The van der Waals surface area contributed by atoms with Gasteiger partial charge in [-0.25, -0.2) is 4.79 Å². The number of quaternary nitrogens is 1. The van der Waals surface area contributed by atoms with E-state index in [1.165, 1.54) is 7.11 Å². The number of ether oxygens (including phenoxy) is 1. The largest absolute Gasteiger partial charge is 0.465 e. The van der Waals surface area contributed by atoms with Crippen LogP contribution >= 0.6 is 11.6 Å². The molecule has 0 aliphatic carbocycles. The Morgan fingerprint density at radius 1 is 1.04 bits per heavy atom. The highest BCUT2D eigenvalue weighted by Crippen LogP contribution is 2.22. The number of carbonyl (C=O) groups excluding carboxylic acids is 1. The summed E-state index contributed by atoms with van der Waals surface area (Å²) >= 11 is 6.16. The molecule has 0 bridgehead atoms. The molecule has 3 aromatic rings. The van der Waals surface area contributed by atoms with Gasteiger partial charge in [0.15, 0.2) is 5.76 Å². The lowest BCUT2D eigenvalue weighted by Gasteiger charge is -2.03. The summed E-state index contributed by atoms with van der Waals surface area (Å²) in [5.74, 6) is 1.32. The van der Waals surface area contributed by atoms with Crippen molar-refractivity contribution >= 4 is 17.6 Å². The molecule has 25 heavy (non-hydrogen) atoms. The van der Waals surface area contributed by atoms with Crippen molar-refractivity contribution in [2.24, 2.45) is 0 Å². The molecule has 0 fully saturated rings. The maximum Gasteiger partial charge on any atom is 0.337 e. The molecule has 0 aliphatic rings. The third-order valence-electron chi connectivity index (χ3n) is 3.92. The average Bonchev–Trinajstić information content (AvgIpc) is 3.12. The minimum atomic E-state index is -0.346. The molecule has 5 heteroatoms. The Morgan fingerprint density at radius 2 is 1.80 bits per heavy atom. The van der Waals surface area contributed by atoms with Crippen molar-refractivity contribution < 1.29 is 19.3 Å². The number of hydrogen-bond acceptors (Lipinski definition) is 3. The maximum atomic E-state index is 11.5. The van der Waals surface area contributed by atoms with E-state index in [9.17, 15) is 4.79 Å². The van der Waals surface area contributed by atoms with Crippen molar-refractivity contribution in [2.45, 2.75) is 13.1 Å². The lowest BCUT2D eigenvalue weighted by molar-refractivity contribution is -0.687. The van der Waals surface area contributed by atoms with Gasteiger partial charge in [-0.1, -0.05) is 41.9 Å². The molecular weight excluding hydrogens is 338 g/mol. The molecule has 0 atom stereocenters. The number of esters is 1. The van der Waals surface area contributed by atoms with Gasteiger partial charge in [-0.05, 0) is 30.3 Å². The quantitative estimate of drug-likeness (QED) is 0.686. The van der Waals surface area contributed by atoms with Crippen molar-refractivity contribution in [1.82, 2.24) is 0 Å². The van der Waals surface area contributed by atoms with E-state index in [-0.39, 0.29) is 5.97 Å². The van der Waals surface area contributed by atoms with Gasteiger partial charge in [0.2, 0.25) is 0 Å². The first kappa shape index (κ1) is 17.3. The number of nitrogens with two attached hydrogens (primary N) is 1. The van der Waals surface area contributed by atoms with E-state index in [1.54, 1.807) is 12.1 Å². The molecule has 0 saturated heterocycles. The standard InChI is InChI=1S/C20H18ClNO3/c1-24-20(23)15-8-6-14(7-9-15)19-11-10-17(25-19)13-22-12-16-4-2-3-5-18(16)21/h2-11,22H,12-13H2,1H3/p+1. The molecule has 3 rings (SSSR count). The number of carbonyl (C=O) groups is 1. The first-order valence-electron chi connectivity index (χ1n) is 8.00. The number of hydrogen-bond donors (Lipinski definition) is 1. The maximum absolute atomic E-state index is 11.5. The molecule has 1 aromatic heterocycles. The van der Waals surface area contributed by atoms with Gasteiger partial charge in [-0.3, -0.25) is 0 Å². The molecule has 0 saturated carbocycles. The van der Waals surface area contributed by atoms with Crippen LogP contribution in [-0.4, -0.2) is 13.1 Å². The highest BCUT2D eigenvalue weighted by molar-refractivity contribution is 6.31. The van der Waals surface area contributed by atoms with E-state index in [1.807, 2.05) is 48.5 Å². The van der Waals surface area contributed by atoms with Gasteiger partial charge in [-0.2, -0.15) is 0 Å². The molecule has 0 radical (unpaired) electrons. The van der Waals surface area contributed by atoms with E-state index in [0.29, 0.717) is 5.56 Å². The van der Waals surface area contributed by atoms with Crippen LogP contribution in [0.4, 0.5) is 0 Å². The summed E-state index contributed by atoms with van der Waals surface area (Å²) < 4.78 is 10.6. The van der Waals surface area contributed by atoms with Gasteiger partial charge in [0.1, 0.15) is 18.8 Å². The number of methoxy groups -OCH3 is 1. The summed E-state index contributed by atoms with van der Waals surface area (Å²) in [5, 5.41) is 2.93. The molecular formula is C20H19ClNO3+. The molecule has 2 N–H and O–H groups in total. The van der Waals surface area contributed by atoms with Crippen molar-refractivity contribution in [1.29, 1.82) is 0 Å². The summed E-state index contributed by atoms with van der Waals surface area (Å²) in [4.78, 5) is 11.5. The predicted molar refractivity (Wildman–Crippen MR) is 96.3 cm³/mol. The number of furan rings is 1. The van der Waals surface area contributed by atoms with E-state index in [4.69, 9.17) is 20.8 Å². The normalized spacial score (nSPS) is 10.6. The van der Waals surface area contributed by atoms with Gasteiger partial charge < -0.3 is 14.5 Å². The van der Waals surface area contributed by atoms with Gasteiger partial charge in [0, 0.05) is 16.1 Å². The fraction of sp³-hybridized carbons (Fsp3) is 0.150. The van der Waals surface area contributed by atoms with Crippen LogP contribution in [0.2, 0.25) is 5.02 Å². The van der Waals surface area contributed by atoms with Gasteiger partial charge >= 0.3 is 5.97 Å². The van der Waals surface area contributed by atoms with Crippen LogP contribution in [0.15, 0.2) is 65.1 Å². The third-order valence-corrected chi connectivity index (χ3v) is 4.29. The van der Waals surface area contributed by atoms with E-state index >= 15 is 0 Å². The van der Waals surface area contributed by atoms with E-state index in [2.05, 4.69) is 5.32 Å². The van der Waals surface area contributed by atoms with Crippen LogP contribution in [0.5, 0.6) is 0 Å². The first-order valence-corrected chi connectivity index (χ1v) is 8.37. The van der Waals surface area contributed by atoms with Crippen LogP contribution in [0.1, 0.15) is 21.7 Å². The first-order chi connectivity index (χ1) is 12.2. The Hall–Kier alpha value is -2.56. The van der Waals surface area contributed by atoms with Crippen molar-refractivity contribution in [3.8, 4) is 11.3 Å². The number of rotatable bonds is 6. The third kappa shape index (κ3) is 4.29. The summed E-state index contributed by atoms with van der Waals surface area (Å²) in [6, 6.07) is 18.9. The lowest BCUT2D eigenvalue weighted by atomic mass is 10.1. The Morgan fingerprint density at radius 3 is 2.52 bits per heavy atom. The smallest absolute Gasteiger partial charge is 0.337 e. The van der Waals surface area contributed by atoms with Crippen LogP contribution in [0, 0.1) is 0 Å². The summed E-state index contributed by atoms with van der Waals surface area (Å²) in [6.45, 7) is 1.52. The van der Waals surface area contributed by atoms with Crippen LogP contribution in [0.3, 0.4) is 0 Å². The minimum Gasteiger partial charge on any atom is -0.465 e. The fourth-order valence-corrected chi connectivity index (χ4v) is 2.78. The van der Waals surface area contributed by atoms with Gasteiger partial charge in [0.25, 0.3) is 0 Å².